The maximum atomic E-state index is 5.68. The van der Waals surface area contributed by atoms with Crippen LogP contribution < -0.4 is 4.74 Å². The Kier molecular flexibility index (Phi) is 2.53. The maximum Gasteiger partial charge on any atom is 0.178 e. The predicted molar refractivity (Wildman–Crippen MR) is 72.6 cm³/mol. The van der Waals surface area contributed by atoms with E-state index in [1.165, 1.54) is 0 Å². The molecular formula is C14H11NO3S. The van der Waals surface area contributed by atoms with Crippen LogP contribution in [0.3, 0.4) is 0 Å². The first-order valence-electron chi connectivity index (χ1n) is 6.08. The van der Waals surface area contributed by atoms with Crippen molar-refractivity contribution in [2.75, 3.05) is 13.2 Å². The van der Waals surface area contributed by atoms with Crippen molar-refractivity contribution < 1.29 is 14.0 Å². The Labute approximate surface area is 113 Å². The van der Waals surface area contributed by atoms with E-state index >= 15 is 0 Å². The number of hydrogen-bond acceptors (Lipinski definition) is 5. The Morgan fingerprint density at radius 2 is 2.32 bits per heavy atom. The van der Waals surface area contributed by atoms with Crippen LogP contribution in [0.5, 0.6) is 5.75 Å². The van der Waals surface area contributed by atoms with Gasteiger partial charge >= 0.3 is 0 Å². The summed E-state index contributed by atoms with van der Waals surface area (Å²) in [6.07, 6.45) is 0.264. The summed E-state index contributed by atoms with van der Waals surface area (Å²) in [6, 6.07) is 9.84. The van der Waals surface area contributed by atoms with Crippen LogP contribution in [-0.2, 0) is 4.74 Å². The van der Waals surface area contributed by atoms with E-state index in [4.69, 9.17) is 14.0 Å². The van der Waals surface area contributed by atoms with Crippen LogP contribution in [-0.4, -0.2) is 24.5 Å². The van der Waals surface area contributed by atoms with Gasteiger partial charge in [-0.25, -0.2) is 0 Å². The van der Waals surface area contributed by atoms with Crippen molar-refractivity contribution in [2.24, 2.45) is 0 Å². The van der Waals surface area contributed by atoms with E-state index in [1.54, 1.807) is 11.3 Å². The zero-order chi connectivity index (χ0) is 12.7. The Bertz CT molecular complexity index is 714. The molecule has 0 unspecified atom stereocenters. The molecule has 4 nitrogen and oxygen atoms in total. The van der Waals surface area contributed by atoms with E-state index in [2.05, 4.69) is 5.16 Å². The van der Waals surface area contributed by atoms with Crippen molar-refractivity contribution in [1.82, 2.24) is 5.16 Å². The molecule has 5 heteroatoms. The number of ether oxygens (including phenoxy) is 2. The SMILES string of the molecule is c1cc(OC[C@H]2CO2)cc(-c2noc3ccsc23)c1. The fourth-order valence-electron chi connectivity index (χ4n) is 1.95. The first-order chi connectivity index (χ1) is 9.40. The lowest BCUT2D eigenvalue weighted by Crippen LogP contribution is -2.03. The molecule has 1 aromatic carbocycles. The molecule has 1 aliphatic heterocycles. The van der Waals surface area contributed by atoms with Crippen molar-refractivity contribution >= 4 is 21.6 Å². The summed E-state index contributed by atoms with van der Waals surface area (Å²) in [7, 11) is 0. The summed E-state index contributed by atoms with van der Waals surface area (Å²) < 4.78 is 17.2. The second-order valence-electron chi connectivity index (χ2n) is 4.44. The molecule has 3 heterocycles. The second-order valence-corrected chi connectivity index (χ2v) is 5.36. The third-order valence-electron chi connectivity index (χ3n) is 3.03. The zero-order valence-electron chi connectivity index (χ0n) is 10.0. The Hall–Kier alpha value is -1.85. The van der Waals surface area contributed by atoms with Gasteiger partial charge in [0.2, 0.25) is 0 Å². The number of aromatic nitrogens is 1. The van der Waals surface area contributed by atoms with Crippen LogP contribution in [0.1, 0.15) is 0 Å². The van der Waals surface area contributed by atoms with Gasteiger partial charge in [-0.3, -0.25) is 0 Å². The van der Waals surface area contributed by atoms with E-state index < -0.39 is 0 Å². The monoisotopic (exact) mass is 273 g/mol. The fourth-order valence-corrected chi connectivity index (χ4v) is 2.76. The summed E-state index contributed by atoms with van der Waals surface area (Å²) >= 11 is 1.63. The van der Waals surface area contributed by atoms with E-state index in [-0.39, 0.29) is 6.10 Å². The average Bonchev–Trinajstić information content (AvgIpc) is 2.99. The van der Waals surface area contributed by atoms with Crippen molar-refractivity contribution in [2.45, 2.75) is 6.10 Å². The molecule has 1 saturated heterocycles. The summed E-state index contributed by atoms with van der Waals surface area (Å²) in [5.41, 5.74) is 2.71. The summed E-state index contributed by atoms with van der Waals surface area (Å²) in [4.78, 5) is 0. The summed E-state index contributed by atoms with van der Waals surface area (Å²) in [5.74, 6) is 0.834. The molecule has 1 aliphatic rings. The van der Waals surface area contributed by atoms with Crippen molar-refractivity contribution in [3.8, 4) is 17.0 Å². The molecule has 0 radical (unpaired) electrons. The lowest BCUT2D eigenvalue weighted by Gasteiger charge is -2.05. The normalized spacial score (nSPS) is 17.8. The third kappa shape index (κ3) is 2.11. The number of hydrogen-bond donors (Lipinski definition) is 0. The van der Waals surface area contributed by atoms with Gasteiger partial charge in [-0.2, -0.15) is 0 Å². The van der Waals surface area contributed by atoms with Gasteiger partial charge < -0.3 is 14.0 Å². The maximum absolute atomic E-state index is 5.68. The minimum Gasteiger partial charge on any atom is -0.491 e. The zero-order valence-corrected chi connectivity index (χ0v) is 10.9. The lowest BCUT2D eigenvalue weighted by atomic mass is 10.1. The molecule has 4 rings (SSSR count). The number of benzene rings is 1. The number of rotatable bonds is 4. The molecule has 0 amide bonds. The van der Waals surface area contributed by atoms with Gasteiger partial charge in [0.25, 0.3) is 0 Å². The van der Waals surface area contributed by atoms with E-state index in [0.717, 1.165) is 33.9 Å². The fraction of sp³-hybridized carbons (Fsp3) is 0.214. The van der Waals surface area contributed by atoms with Crippen molar-refractivity contribution in [3.63, 3.8) is 0 Å². The molecule has 1 atom stereocenters. The molecule has 96 valence electrons. The first-order valence-corrected chi connectivity index (χ1v) is 6.96. The molecule has 0 saturated carbocycles. The van der Waals surface area contributed by atoms with Gasteiger partial charge in [0.05, 0.1) is 6.61 Å². The highest BCUT2D eigenvalue weighted by Crippen LogP contribution is 2.33. The molecule has 0 bridgehead atoms. The summed E-state index contributed by atoms with van der Waals surface area (Å²) in [6.45, 7) is 1.41. The Balaban J connectivity index is 1.66. The number of epoxide rings is 1. The third-order valence-corrected chi connectivity index (χ3v) is 3.93. The Morgan fingerprint density at radius 1 is 1.37 bits per heavy atom. The molecule has 3 aromatic rings. The minimum atomic E-state index is 0.264. The molecule has 0 N–H and O–H groups in total. The number of fused-ring (bicyclic) bond motifs is 1. The van der Waals surface area contributed by atoms with Crippen molar-refractivity contribution in [1.29, 1.82) is 0 Å². The van der Waals surface area contributed by atoms with Gasteiger partial charge in [-0.15, -0.1) is 11.3 Å². The smallest absolute Gasteiger partial charge is 0.178 e. The van der Waals surface area contributed by atoms with Gasteiger partial charge in [0.1, 0.15) is 28.9 Å². The van der Waals surface area contributed by atoms with Crippen LogP contribution in [0.15, 0.2) is 40.2 Å². The second kappa shape index (κ2) is 4.36. The van der Waals surface area contributed by atoms with Crippen LogP contribution in [0.2, 0.25) is 0 Å². The van der Waals surface area contributed by atoms with Gasteiger partial charge in [-0.05, 0) is 23.6 Å². The molecule has 2 aromatic heterocycles. The van der Waals surface area contributed by atoms with E-state index in [0.29, 0.717) is 6.61 Å². The molecule has 0 aliphatic carbocycles. The first kappa shape index (κ1) is 11.0. The van der Waals surface area contributed by atoms with Gasteiger partial charge in [0, 0.05) is 5.56 Å². The highest BCUT2D eigenvalue weighted by molar-refractivity contribution is 7.17. The van der Waals surface area contributed by atoms with Crippen LogP contribution in [0.4, 0.5) is 0 Å². The molecule has 1 fully saturated rings. The average molecular weight is 273 g/mol. The lowest BCUT2D eigenvalue weighted by molar-refractivity contribution is 0.263. The molecular weight excluding hydrogens is 262 g/mol. The minimum absolute atomic E-state index is 0.264. The largest absolute Gasteiger partial charge is 0.491 e. The van der Waals surface area contributed by atoms with Crippen LogP contribution in [0.25, 0.3) is 21.5 Å². The van der Waals surface area contributed by atoms with Crippen molar-refractivity contribution in [3.05, 3.63) is 35.7 Å². The highest BCUT2D eigenvalue weighted by Gasteiger charge is 2.23. The van der Waals surface area contributed by atoms with E-state index in [1.807, 2.05) is 35.7 Å². The van der Waals surface area contributed by atoms with Crippen LogP contribution >= 0.6 is 11.3 Å². The number of thiophene rings is 1. The number of nitrogens with zero attached hydrogens (tertiary/aromatic N) is 1. The van der Waals surface area contributed by atoms with Gasteiger partial charge in [0.15, 0.2) is 5.58 Å². The molecule has 0 spiro atoms. The molecule has 19 heavy (non-hydrogen) atoms. The van der Waals surface area contributed by atoms with E-state index in [9.17, 15) is 0 Å². The summed E-state index contributed by atoms with van der Waals surface area (Å²) in [5, 5.41) is 6.13. The standard InChI is InChI=1S/C14H11NO3S/c1-2-9(6-10(3-1)16-7-11-8-17-11)13-14-12(18-15-13)4-5-19-14/h1-6,11H,7-8H2/t11-/m0/s1. The topological polar surface area (TPSA) is 47.8 Å². The predicted octanol–water partition coefficient (Wildman–Crippen LogP) is 3.33. The quantitative estimate of drug-likeness (QED) is 0.684. The highest BCUT2D eigenvalue weighted by atomic mass is 32.1. The Morgan fingerprint density at radius 3 is 3.21 bits per heavy atom. The van der Waals surface area contributed by atoms with Gasteiger partial charge in [-0.1, -0.05) is 17.3 Å². The van der Waals surface area contributed by atoms with Crippen LogP contribution in [0, 0.1) is 0 Å².